The Balaban J connectivity index is 2.51. The average molecular weight is 220 g/mol. The summed E-state index contributed by atoms with van der Waals surface area (Å²) in [4.78, 5) is 11.7. The van der Waals surface area contributed by atoms with Crippen LogP contribution in [0.5, 0.6) is 0 Å². The molecule has 0 heterocycles. The molecular weight excluding hydrogens is 200 g/mol. The number of hydrogen-bond donors (Lipinski definition) is 0. The zero-order chi connectivity index (χ0) is 12.0. The molecule has 0 radical (unpaired) electrons. The van der Waals surface area contributed by atoms with Gasteiger partial charge in [0.15, 0.2) is 0 Å². The lowest BCUT2D eigenvalue weighted by molar-refractivity contribution is -0.153. The number of ether oxygens (including phenoxy) is 1. The smallest absolute Gasteiger partial charge is 0.311 e. The van der Waals surface area contributed by atoms with E-state index >= 15 is 0 Å². The first kappa shape index (κ1) is 12.8. The van der Waals surface area contributed by atoms with Crippen molar-refractivity contribution in [3.05, 3.63) is 35.9 Å². The minimum atomic E-state index is -0.397. The molecule has 0 unspecified atom stereocenters. The third kappa shape index (κ3) is 3.69. The number of hydrogen-bond acceptors (Lipinski definition) is 2. The largest absolute Gasteiger partial charge is 0.466 e. The monoisotopic (exact) mass is 220 g/mol. The highest BCUT2D eigenvalue weighted by Gasteiger charge is 2.28. The molecule has 0 atom stereocenters. The number of benzene rings is 1. The van der Waals surface area contributed by atoms with E-state index in [-0.39, 0.29) is 5.97 Å². The van der Waals surface area contributed by atoms with Gasteiger partial charge in [-0.05, 0) is 39.2 Å². The van der Waals surface area contributed by atoms with Crippen LogP contribution in [0.4, 0.5) is 0 Å². The molecule has 0 aliphatic heterocycles. The van der Waals surface area contributed by atoms with Gasteiger partial charge in [0.25, 0.3) is 0 Å². The maximum absolute atomic E-state index is 11.7. The molecular formula is C14H20O2. The molecule has 16 heavy (non-hydrogen) atoms. The van der Waals surface area contributed by atoms with Crippen molar-refractivity contribution >= 4 is 5.97 Å². The molecule has 0 saturated carbocycles. The molecule has 2 nitrogen and oxygen atoms in total. The molecule has 0 amide bonds. The Bertz CT molecular complexity index is 328. The Hall–Kier alpha value is -1.31. The highest BCUT2D eigenvalue weighted by molar-refractivity contribution is 5.75. The maximum Gasteiger partial charge on any atom is 0.311 e. The third-order valence-corrected chi connectivity index (χ3v) is 2.71. The van der Waals surface area contributed by atoms with Crippen molar-refractivity contribution in [1.82, 2.24) is 0 Å². The minimum absolute atomic E-state index is 0.106. The number of esters is 1. The summed E-state index contributed by atoms with van der Waals surface area (Å²) >= 11 is 0. The summed E-state index contributed by atoms with van der Waals surface area (Å²) < 4.78 is 5.06. The molecule has 0 N–H and O–H groups in total. The Kier molecular flexibility index (Phi) is 4.53. The van der Waals surface area contributed by atoms with Crippen LogP contribution in [0.3, 0.4) is 0 Å². The second-order valence-electron chi connectivity index (χ2n) is 4.59. The van der Waals surface area contributed by atoms with E-state index in [1.165, 1.54) is 5.56 Å². The van der Waals surface area contributed by atoms with Crippen LogP contribution >= 0.6 is 0 Å². The van der Waals surface area contributed by atoms with Crippen LogP contribution in [0.25, 0.3) is 0 Å². The predicted molar refractivity (Wildman–Crippen MR) is 65.2 cm³/mol. The van der Waals surface area contributed by atoms with Gasteiger partial charge < -0.3 is 4.74 Å². The van der Waals surface area contributed by atoms with E-state index in [4.69, 9.17) is 4.74 Å². The predicted octanol–water partition coefficient (Wildman–Crippen LogP) is 3.21. The van der Waals surface area contributed by atoms with Gasteiger partial charge in [0.05, 0.1) is 12.0 Å². The fraction of sp³-hybridized carbons (Fsp3) is 0.500. The average Bonchev–Trinajstić information content (AvgIpc) is 2.28. The summed E-state index contributed by atoms with van der Waals surface area (Å²) in [7, 11) is 0. The third-order valence-electron chi connectivity index (χ3n) is 2.71. The zero-order valence-corrected chi connectivity index (χ0v) is 10.3. The molecule has 2 heteroatoms. The van der Waals surface area contributed by atoms with E-state index in [0.717, 1.165) is 12.8 Å². The Morgan fingerprint density at radius 1 is 1.25 bits per heavy atom. The molecule has 1 aromatic carbocycles. The van der Waals surface area contributed by atoms with Gasteiger partial charge in [0.2, 0.25) is 0 Å². The Morgan fingerprint density at radius 3 is 2.44 bits per heavy atom. The fourth-order valence-electron chi connectivity index (χ4n) is 1.53. The van der Waals surface area contributed by atoms with Gasteiger partial charge in [0, 0.05) is 0 Å². The van der Waals surface area contributed by atoms with Gasteiger partial charge in [-0.1, -0.05) is 30.3 Å². The summed E-state index contributed by atoms with van der Waals surface area (Å²) in [6.07, 6.45) is 1.72. The molecule has 1 rings (SSSR count). The quantitative estimate of drug-likeness (QED) is 0.712. The first-order chi connectivity index (χ1) is 7.56. The number of aryl methyl sites for hydroxylation is 1. The molecule has 0 aliphatic carbocycles. The lowest BCUT2D eigenvalue weighted by Gasteiger charge is -2.22. The van der Waals surface area contributed by atoms with E-state index in [1.54, 1.807) is 0 Å². The van der Waals surface area contributed by atoms with Gasteiger partial charge >= 0.3 is 5.97 Å². The number of rotatable bonds is 5. The molecule has 88 valence electrons. The minimum Gasteiger partial charge on any atom is -0.466 e. The van der Waals surface area contributed by atoms with Gasteiger partial charge in [-0.3, -0.25) is 4.79 Å². The second kappa shape index (κ2) is 5.69. The van der Waals surface area contributed by atoms with Crippen LogP contribution in [0.15, 0.2) is 30.3 Å². The van der Waals surface area contributed by atoms with Crippen molar-refractivity contribution in [2.75, 3.05) is 6.61 Å². The Morgan fingerprint density at radius 2 is 1.88 bits per heavy atom. The van der Waals surface area contributed by atoms with Crippen molar-refractivity contribution in [2.24, 2.45) is 5.41 Å². The lowest BCUT2D eigenvalue weighted by Crippen LogP contribution is -2.27. The van der Waals surface area contributed by atoms with Crippen LogP contribution in [0.1, 0.15) is 32.8 Å². The van der Waals surface area contributed by atoms with Gasteiger partial charge in [-0.15, -0.1) is 0 Å². The number of carbonyl (C=O) groups is 1. The van der Waals surface area contributed by atoms with Gasteiger partial charge in [0.1, 0.15) is 0 Å². The zero-order valence-electron chi connectivity index (χ0n) is 10.3. The van der Waals surface area contributed by atoms with Crippen molar-refractivity contribution in [2.45, 2.75) is 33.6 Å². The molecule has 0 saturated heterocycles. The van der Waals surface area contributed by atoms with E-state index in [1.807, 2.05) is 39.0 Å². The maximum atomic E-state index is 11.7. The highest BCUT2D eigenvalue weighted by Crippen LogP contribution is 2.24. The normalized spacial score (nSPS) is 11.2. The van der Waals surface area contributed by atoms with Crippen LogP contribution in [-0.2, 0) is 16.0 Å². The van der Waals surface area contributed by atoms with E-state index in [0.29, 0.717) is 6.61 Å². The van der Waals surface area contributed by atoms with E-state index in [9.17, 15) is 4.79 Å². The molecule has 0 bridgehead atoms. The topological polar surface area (TPSA) is 26.3 Å². The van der Waals surface area contributed by atoms with E-state index in [2.05, 4.69) is 12.1 Å². The molecule has 0 spiro atoms. The van der Waals surface area contributed by atoms with Crippen LogP contribution in [0, 0.1) is 5.41 Å². The molecule has 0 aromatic heterocycles. The summed E-state index contributed by atoms with van der Waals surface area (Å²) in [5, 5.41) is 0. The first-order valence-electron chi connectivity index (χ1n) is 5.77. The number of carbonyl (C=O) groups excluding carboxylic acids is 1. The van der Waals surface area contributed by atoms with E-state index < -0.39 is 5.41 Å². The fourth-order valence-corrected chi connectivity index (χ4v) is 1.53. The first-order valence-corrected chi connectivity index (χ1v) is 5.77. The molecule has 0 aliphatic rings. The van der Waals surface area contributed by atoms with Crippen molar-refractivity contribution in [3.8, 4) is 0 Å². The van der Waals surface area contributed by atoms with Crippen LogP contribution in [-0.4, -0.2) is 12.6 Å². The standard InChI is InChI=1S/C14H20O2/c1-4-16-13(15)14(2,3)11-10-12-8-6-5-7-9-12/h5-9H,4,10-11H2,1-3H3. The summed E-state index contributed by atoms with van der Waals surface area (Å²) in [5.74, 6) is -0.106. The summed E-state index contributed by atoms with van der Waals surface area (Å²) in [5.41, 5.74) is 0.867. The highest BCUT2D eigenvalue weighted by atomic mass is 16.5. The van der Waals surface area contributed by atoms with Crippen molar-refractivity contribution < 1.29 is 9.53 Å². The van der Waals surface area contributed by atoms with Crippen molar-refractivity contribution in [3.63, 3.8) is 0 Å². The van der Waals surface area contributed by atoms with Crippen LogP contribution in [0.2, 0.25) is 0 Å². The van der Waals surface area contributed by atoms with Crippen LogP contribution < -0.4 is 0 Å². The van der Waals surface area contributed by atoms with Crippen molar-refractivity contribution in [1.29, 1.82) is 0 Å². The Labute approximate surface area is 97.6 Å². The second-order valence-corrected chi connectivity index (χ2v) is 4.59. The summed E-state index contributed by atoms with van der Waals surface area (Å²) in [6.45, 7) is 6.17. The molecule has 0 fully saturated rings. The van der Waals surface area contributed by atoms with Gasteiger partial charge in [-0.2, -0.15) is 0 Å². The molecule has 1 aromatic rings. The summed E-state index contributed by atoms with van der Waals surface area (Å²) in [6, 6.07) is 10.2. The SMILES string of the molecule is CCOC(=O)C(C)(C)CCc1ccccc1. The van der Waals surface area contributed by atoms with Gasteiger partial charge in [-0.25, -0.2) is 0 Å². The lowest BCUT2D eigenvalue weighted by atomic mass is 9.86.